The highest BCUT2D eigenvalue weighted by atomic mass is 16.3. The van der Waals surface area contributed by atoms with Gasteiger partial charge in [-0.15, -0.1) is 0 Å². The summed E-state index contributed by atoms with van der Waals surface area (Å²) in [5, 5.41) is 14.6. The van der Waals surface area contributed by atoms with E-state index in [1.807, 2.05) is 18.2 Å². The van der Waals surface area contributed by atoms with Crippen molar-refractivity contribution in [3.8, 4) is 0 Å². The third-order valence-corrected chi connectivity index (χ3v) is 3.90. The van der Waals surface area contributed by atoms with E-state index >= 15 is 0 Å². The molecule has 0 radical (unpaired) electrons. The first-order valence-corrected chi connectivity index (χ1v) is 8.19. The van der Waals surface area contributed by atoms with Gasteiger partial charge in [0.1, 0.15) is 0 Å². The van der Waals surface area contributed by atoms with Crippen LogP contribution in [-0.2, 0) is 15.0 Å². The molecule has 0 saturated carbocycles. The molecule has 0 unspecified atom stereocenters. The topological polar surface area (TPSA) is 78.4 Å². The second-order valence-corrected chi connectivity index (χ2v) is 6.90. The number of aliphatic hydroxyl groups is 1. The van der Waals surface area contributed by atoms with Crippen LogP contribution >= 0.6 is 0 Å². The predicted molar refractivity (Wildman–Crippen MR) is 98.2 cm³/mol. The number of aliphatic hydroxyl groups excluding tert-OH is 1. The summed E-state index contributed by atoms with van der Waals surface area (Å²) < 4.78 is 0. The Kier molecular flexibility index (Phi) is 5.93. The number of rotatable bonds is 4. The maximum Gasteiger partial charge on any atom is 0.313 e. The van der Waals surface area contributed by atoms with E-state index in [9.17, 15) is 14.7 Å². The molecule has 2 aromatic carbocycles. The lowest BCUT2D eigenvalue weighted by Gasteiger charge is -2.19. The molecular weight excluding hydrogens is 316 g/mol. The van der Waals surface area contributed by atoms with Crippen molar-refractivity contribution in [2.45, 2.75) is 32.2 Å². The maximum absolute atomic E-state index is 12.1. The van der Waals surface area contributed by atoms with Crippen LogP contribution in [0.1, 0.15) is 37.9 Å². The van der Waals surface area contributed by atoms with E-state index in [0.29, 0.717) is 5.69 Å². The zero-order valence-electron chi connectivity index (χ0n) is 14.7. The van der Waals surface area contributed by atoms with E-state index in [1.54, 1.807) is 36.4 Å². The Morgan fingerprint density at radius 2 is 1.56 bits per heavy atom. The van der Waals surface area contributed by atoms with Crippen LogP contribution in [0.2, 0.25) is 0 Å². The molecule has 0 aliphatic rings. The average molecular weight is 340 g/mol. The Bertz CT molecular complexity index is 719. The number of carbonyl (C=O) groups excluding carboxylic acids is 2. The smallest absolute Gasteiger partial charge is 0.313 e. The minimum absolute atomic E-state index is 0.0178. The second-order valence-electron chi connectivity index (χ2n) is 6.90. The van der Waals surface area contributed by atoms with Crippen LogP contribution in [0.15, 0.2) is 54.6 Å². The Labute approximate surface area is 148 Å². The van der Waals surface area contributed by atoms with Crippen LogP contribution in [0.5, 0.6) is 0 Å². The molecule has 0 bridgehead atoms. The molecule has 0 spiro atoms. The van der Waals surface area contributed by atoms with E-state index in [0.717, 1.165) is 11.1 Å². The van der Waals surface area contributed by atoms with Gasteiger partial charge in [-0.2, -0.15) is 0 Å². The van der Waals surface area contributed by atoms with Crippen LogP contribution in [0.3, 0.4) is 0 Å². The number of anilines is 1. The summed E-state index contributed by atoms with van der Waals surface area (Å²) >= 11 is 0. The van der Waals surface area contributed by atoms with Crippen LogP contribution in [0, 0.1) is 0 Å². The molecular formula is C20H24N2O3. The zero-order chi connectivity index (χ0) is 18.4. The van der Waals surface area contributed by atoms with Gasteiger partial charge in [0.2, 0.25) is 0 Å². The quantitative estimate of drug-likeness (QED) is 0.749. The number of hydrogen-bond donors (Lipinski definition) is 3. The maximum atomic E-state index is 12.1. The standard InChI is InChI=1S/C20H24N2O3/c1-20(2,3)15-9-11-16(12-10-15)21-18(24)19(25)22-17(13-23)14-7-5-4-6-8-14/h4-12,17,23H,13H2,1-3H3,(H,21,24)(H,22,25)/t17-/m1/s1. The van der Waals surface area contributed by atoms with Crippen molar-refractivity contribution in [1.29, 1.82) is 0 Å². The van der Waals surface area contributed by atoms with Crippen LogP contribution in [0.25, 0.3) is 0 Å². The Hall–Kier alpha value is -2.66. The Morgan fingerprint density at radius 3 is 2.08 bits per heavy atom. The van der Waals surface area contributed by atoms with Crippen molar-refractivity contribution in [3.05, 3.63) is 65.7 Å². The van der Waals surface area contributed by atoms with E-state index in [4.69, 9.17) is 0 Å². The summed E-state index contributed by atoms with van der Waals surface area (Å²) in [6.07, 6.45) is 0. The molecule has 0 heterocycles. The molecule has 0 saturated heterocycles. The largest absolute Gasteiger partial charge is 0.394 e. The van der Waals surface area contributed by atoms with Crippen molar-refractivity contribution in [3.63, 3.8) is 0 Å². The third kappa shape index (κ3) is 5.16. The van der Waals surface area contributed by atoms with Gasteiger partial charge in [0.15, 0.2) is 0 Å². The lowest BCUT2D eigenvalue weighted by molar-refractivity contribution is -0.136. The SMILES string of the molecule is CC(C)(C)c1ccc(NC(=O)C(=O)N[C@H](CO)c2ccccc2)cc1. The zero-order valence-corrected chi connectivity index (χ0v) is 14.7. The third-order valence-electron chi connectivity index (χ3n) is 3.90. The molecule has 0 aromatic heterocycles. The normalized spacial score (nSPS) is 12.3. The van der Waals surface area contributed by atoms with Crippen LogP contribution in [-0.4, -0.2) is 23.5 Å². The summed E-state index contributed by atoms with van der Waals surface area (Å²) in [4.78, 5) is 24.2. The first-order chi connectivity index (χ1) is 11.8. The van der Waals surface area contributed by atoms with Crippen LogP contribution < -0.4 is 10.6 Å². The minimum atomic E-state index is -0.789. The summed E-state index contributed by atoms with van der Waals surface area (Å²) in [6, 6.07) is 15.8. The first kappa shape index (κ1) is 18.7. The highest BCUT2D eigenvalue weighted by Gasteiger charge is 2.20. The number of amides is 2. The molecule has 3 N–H and O–H groups in total. The van der Waals surface area contributed by atoms with Gasteiger partial charge in [-0.05, 0) is 28.7 Å². The lowest BCUT2D eigenvalue weighted by Crippen LogP contribution is -2.39. The van der Waals surface area contributed by atoms with Gasteiger partial charge < -0.3 is 15.7 Å². The lowest BCUT2D eigenvalue weighted by atomic mass is 9.87. The molecule has 0 aliphatic heterocycles. The minimum Gasteiger partial charge on any atom is -0.394 e. The average Bonchev–Trinajstić information content (AvgIpc) is 2.59. The molecule has 2 aromatic rings. The fourth-order valence-corrected chi connectivity index (χ4v) is 2.38. The number of benzene rings is 2. The van der Waals surface area contributed by atoms with Gasteiger partial charge in [0.05, 0.1) is 12.6 Å². The van der Waals surface area contributed by atoms with E-state index in [-0.39, 0.29) is 12.0 Å². The van der Waals surface area contributed by atoms with Crippen molar-refractivity contribution in [1.82, 2.24) is 5.32 Å². The molecule has 2 amide bonds. The number of carbonyl (C=O) groups is 2. The van der Waals surface area contributed by atoms with Crippen molar-refractivity contribution < 1.29 is 14.7 Å². The van der Waals surface area contributed by atoms with Gasteiger partial charge in [0.25, 0.3) is 0 Å². The summed E-state index contributed by atoms with van der Waals surface area (Å²) in [7, 11) is 0. The highest BCUT2D eigenvalue weighted by molar-refractivity contribution is 6.39. The molecule has 2 rings (SSSR count). The van der Waals surface area contributed by atoms with Gasteiger partial charge in [-0.1, -0.05) is 63.2 Å². The van der Waals surface area contributed by atoms with E-state index < -0.39 is 17.9 Å². The molecule has 1 atom stereocenters. The first-order valence-electron chi connectivity index (χ1n) is 8.19. The molecule has 0 fully saturated rings. The van der Waals surface area contributed by atoms with Gasteiger partial charge in [-0.25, -0.2) is 0 Å². The fraction of sp³-hybridized carbons (Fsp3) is 0.300. The van der Waals surface area contributed by atoms with Gasteiger partial charge in [-0.3, -0.25) is 9.59 Å². The number of nitrogens with one attached hydrogen (secondary N) is 2. The second kappa shape index (κ2) is 7.94. The van der Waals surface area contributed by atoms with Crippen molar-refractivity contribution >= 4 is 17.5 Å². The molecule has 132 valence electrons. The summed E-state index contributed by atoms with van der Waals surface area (Å²) in [5.74, 6) is -1.55. The molecule has 5 heteroatoms. The predicted octanol–water partition coefficient (Wildman–Crippen LogP) is 2.77. The Balaban J connectivity index is 1.99. The number of hydrogen-bond acceptors (Lipinski definition) is 3. The molecule has 5 nitrogen and oxygen atoms in total. The van der Waals surface area contributed by atoms with Crippen molar-refractivity contribution in [2.75, 3.05) is 11.9 Å². The van der Waals surface area contributed by atoms with Crippen molar-refractivity contribution in [2.24, 2.45) is 0 Å². The highest BCUT2D eigenvalue weighted by Crippen LogP contribution is 2.23. The van der Waals surface area contributed by atoms with Gasteiger partial charge in [0, 0.05) is 5.69 Å². The molecule has 0 aliphatic carbocycles. The Morgan fingerprint density at radius 1 is 0.960 bits per heavy atom. The monoisotopic (exact) mass is 340 g/mol. The summed E-state index contributed by atoms with van der Waals surface area (Å²) in [6.45, 7) is 6.02. The summed E-state index contributed by atoms with van der Waals surface area (Å²) in [5.41, 5.74) is 2.44. The van der Waals surface area contributed by atoms with Gasteiger partial charge >= 0.3 is 11.8 Å². The van der Waals surface area contributed by atoms with Crippen LogP contribution in [0.4, 0.5) is 5.69 Å². The fourth-order valence-electron chi connectivity index (χ4n) is 2.38. The molecule has 25 heavy (non-hydrogen) atoms. The van der Waals surface area contributed by atoms with E-state index in [2.05, 4.69) is 31.4 Å². The van der Waals surface area contributed by atoms with E-state index in [1.165, 1.54) is 0 Å².